The molecule has 0 bridgehead atoms. The van der Waals surface area contributed by atoms with Gasteiger partial charge in [0, 0.05) is 19.3 Å². The van der Waals surface area contributed by atoms with E-state index in [1.807, 2.05) is 23.8 Å². The number of benzene rings is 1. The van der Waals surface area contributed by atoms with Crippen LogP contribution in [0.15, 0.2) is 30.5 Å². The predicted molar refractivity (Wildman–Crippen MR) is 58.4 cm³/mol. The van der Waals surface area contributed by atoms with Gasteiger partial charge in [-0.15, -0.1) is 0 Å². The van der Waals surface area contributed by atoms with Gasteiger partial charge in [-0.25, -0.2) is 4.39 Å². The topological polar surface area (TPSA) is 14.2 Å². The molecule has 0 radical (unpaired) electrons. The van der Waals surface area contributed by atoms with Crippen LogP contribution in [0.5, 0.6) is 0 Å². The fraction of sp³-hybridized carbons (Fsp3) is 0.333. The molecule has 1 aromatic carbocycles. The van der Waals surface area contributed by atoms with Crippen molar-refractivity contribution in [3.05, 3.63) is 36.3 Å². The molecule has 2 aromatic rings. The second-order valence-electron chi connectivity index (χ2n) is 3.41. The summed E-state index contributed by atoms with van der Waals surface area (Å²) in [5, 5.41) is 1.06. The highest BCUT2D eigenvalue weighted by molar-refractivity contribution is 5.80. The minimum atomic E-state index is -0.196. The molecule has 0 saturated carbocycles. The lowest BCUT2D eigenvalue weighted by molar-refractivity contribution is 0.140. The van der Waals surface area contributed by atoms with E-state index in [0.717, 1.165) is 17.4 Å². The van der Waals surface area contributed by atoms with Gasteiger partial charge in [0.25, 0.3) is 0 Å². The molecule has 0 saturated heterocycles. The normalized spacial score (nSPS) is 11.1. The first-order valence-corrected chi connectivity index (χ1v) is 5.13. The summed E-state index contributed by atoms with van der Waals surface area (Å²) in [7, 11) is 0. The van der Waals surface area contributed by atoms with Crippen LogP contribution in [0, 0.1) is 5.82 Å². The van der Waals surface area contributed by atoms with Crippen LogP contribution in [0.1, 0.15) is 6.92 Å². The summed E-state index contributed by atoms with van der Waals surface area (Å²) >= 11 is 0. The van der Waals surface area contributed by atoms with E-state index >= 15 is 0 Å². The molecule has 80 valence electrons. The van der Waals surface area contributed by atoms with E-state index in [9.17, 15) is 4.39 Å². The van der Waals surface area contributed by atoms with Crippen molar-refractivity contribution in [3.63, 3.8) is 0 Å². The molecule has 1 heterocycles. The lowest BCUT2D eigenvalue weighted by Gasteiger charge is -2.05. The second-order valence-corrected chi connectivity index (χ2v) is 3.41. The third kappa shape index (κ3) is 2.18. The van der Waals surface area contributed by atoms with Gasteiger partial charge in [-0.3, -0.25) is 0 Å². The number of hydrogen-bond donors (Lipinski definition) is 0. The summed E-state index contributed by atoms with van der Waals surface area (Å²) in [5.41, 5.74) is 0.926. The van der Waals surface area contributed by atoms with Gasteiger partial charge >= 0.3 is 0 Å². The molecule has 0 amide bonds. The van der Waals surface area contributed by atoms with Gasteiger partial charge in [-0.05, 0) is 36.6 Å². The van der Waals surface area contributed by atoms with Gasteiger partial charge in [-0.1, -0.05) is 0 Å². The Labute approximate surface area is 88.3 Å². The molecule has 0 atom stereocenters. The van der Waals surface area contributed by atoms with E-state index in [4.69, 9.17) is 4.74 Å². The van der Waals surface area contributed by atoms with Crippen molar-refractivity contribution in [1.29, 1.82) is 0 Å². The SMILES string of the molecule is CCOCCn1ccc2ccc(F)cc21. The van der Waals surface area contributed by atoms with Crippen LogP contribution in [-0.4, -0.2) is 17.8 Å². The van der Waals surface area contributed by atoms with E-state index in [2.05, 4.69) is 0 Å². The van der Waals surface area contributed by atoms with E-state index in [1.165, 1.54) is 6.07 Å². The van der Waals surface area contributed by atoms with Gasteiger partial charge in [-0.2, -0.15) is 0 Å². The first-order chi connectivity index (χ1) is 7.31. The second kappa shape index (κ2) is 4.45. The van der Waals surface area contributed by atoms with Crippen molar-refractivity contribution in [1.82, 2.24) is 4.57 Å². The molecule has 2 nitrogen and oxygen atoms in total. The first kappa shape index (κ1) is 10.2. The Morgan fingerprint density at radius 3 is 3.00 bits per heavy atom. The molecule has 15 heavy (non-hydrogen) atoms. The van der Waals surface area contributed by atoms with Gasteiger partial charge < -0.3 is 9.30 Å². The maximum absolute atomic E-state index is 13.0. The van der Waals surface area contributed by atoms with Crippen LogP contribution in [0.25, 0.3) is 10.9 Å². The largest absolute Gasteiger partial charge is 0.380 e. The van der Waals surface area contributed by atoms with E-state index in [0.29, 0.717) is 13.2 Å². The average Bonchev–Trinajstić information content (AvgIpc) is 2.62. The molecular formula is C12H14FNO. The average molecular weight is 207 g/mol. The summed E-state index contributed by atoms with van der Waals surface area (Å²) in [6.45, 7) is 4.11. The zero-order valence-corrected chi connectivity index (χ0v) is 8.74. The summed E-state index contributed by atoms with van der Waals surface area (Å²) in [4.78, 5) is 0. The number of hydrogen-bond acceptors (Lipinski definition) is 1. The number of ether oxygens (including phenoxy) is 1. The van der Waals surface area contributed by atoms with Crippen LogP contribution in [-0.2, 0) is 11.3 Å². The van der Waals surface area contributed by atoms with Crippen molar-refractivity contribution in [3.8, 4) is 0 Å². The molecule has 0 spiro atoms. The van der Waals surface area contributed by atoms with Crippen LogP contribution in [0.2, 0.25) is 0 Å². The van der Waals surface area contributed by atoms with Crippen molar-refractivity contribution >= 4 is 10.9 Å². The molecule has 3 heteroatoms. The van der Waals surface area contributed by atoms with E-state index < -0.39 is 0 Å². The Hall–Kier alpha value is -1.35. The fourth-order valence-corrected chi connectivity index (χ4v) is 1.66. The zero-order valence-electron chi connectivity index (χ0n) is 8.74. The molecule has 1 aromatic heterocycles. The smallest absolute Gasteiger partial charge is 0.125 e. The zero-order chi connectivity index (χ0) is 10.7. The Balaban J connectivity index is 2.23. The number of nitrogens with zero attached hydrogens (tertiary/aromatic N) is 1. The maximum Gasteiger partial charge on any atom is 0.125 e. The molecule has 2 rings (SSSR count). The number of rotatable bonds is 4. The van der Waals surface area contributed by atoms with Crippen molar-refractivity contribution in [2.75, 3.05) is 13.2 Å². The molecule has 0 unspecified atom stereocenters. The number of aromatic nitrogens is 1. The van der Waals surface area contributed by atoms with Gasteiger partial charge in [0.2, 0.25) is 0 Å². The monoisotopic (exact) mass is 207 g/mol. The molecule has 0 aliphatic heterocycles. The number of fused-ring (bicyclic) bond motifs is 1. The summed E-state index contributed by atoms with van der Waals surface area (Å²) in [5.74, 6) is -0.196. The standard InChI is InChI=1S/C12H14FNO/c1-2-15-8-7-14-6-5-10-3-4-11(13)9-12(10)14/h3-6,9H,2,7-8H2,1H3. The van der Waals surface area contributed by atoms with Gasteiger partial charge in [0.05, 0.1) is 12.1 Å². The van der Waals surface area contributed by atoms with Gasteiger partial charge in [0.1, 0.15) is 5.82 Å². The maximum atomic E-state index is 13.0. The predicted octanol–water partition coefficient (Wildman–Crippen LogP) is 2.82. The van der Waals surface area contributed by atoms with Crippen LogP contribution in [0.4, 0.5) is 4.39 Å². The van der Waals surface area contributed by atoms with Crippen molar-refractivity contribution < 1.29 is 9.13 Å². The molecule has 0 aliphatic carbocycles. The number of halogens is 1. The van der Waals surface area contributed by atoms with Crippen molar-refractivity contribution in [2.45, 2.75) is 13.5 Å². The highest BCUT2D eigenvalue weighted by Crippen LogP contribution is 2.16. The lowest BCUT2D eigenvalue weighted by atomic mass is 10.2. The van der Waals surface area contributed by atoms with E-state index in [-0.39, 0.29) is 5.82 Å². The lowest BCUT2D eigenvalue weighted by Crippen LogP contribution is -2.04. The minimum absolute atomic E-state index is 0.196. The van der Waals surface area contributed by atoms with Crippen LogP contribution < -0.4 is 0 Å². The Morgan fingerprint density at radius 2 is 2.20 bits per heavy atom. The highest BCUT2D eigenvalue weighted by Gasteiger charge is 2.01. The first-order valence-electron chi connectivity index (χ1n) is 5.13. The molecule has 0 aliphatic rings. The Bertz CT molecular complexity index is 450. The summed E-state index contributed by atoms with van der Waals surface area (Å²) < 4.78 is 20.3. The van der Waals surface area contributed by atoms with E-state index in [1.54, 1.807) is 12.1 Å². The Kier molecular flexibility index (Phi) is 3.02. The third-order valence-corrected chi connectivity index (χ3v) is 2.42. The minimum Gasteiger partial charge on any atom is -0.380 e. The van der Waals surface area contributed by atoms with Crippen molar-refractivity contribution in [2.24, 2.45) is 0 Å². The quantitative estimate of drug-likeness (QED) is 0.703. The molecule has 0 fully saturated rings. The fourth-order valence-electron chi connectivity index (χ4n) is 1.66. The molecule has 0 N–H and O–H groups in total. The van der Waals surface area contributed by atoms with Gasteiger partial charge in [0.15, 0.2) is 0 Å². The third-order valence-electron chi connectivity index (χ3n) is 2.42. The van der Waals surface area contributed by atoms with Crippen LogP contribution in [0.3, 0.4) is 0 Å². The highest BCUT2D eigenvalue weighted by atomic mass is 19.1. The van der Waals surface area contributed by atoms with Crippen LogP contribution >= 0.6 is 0 Å². The summed E-state index contributed by atoms with van der Waals surface area (Å²) in [6, 6.07) is 6.82. The Morgan fingerprint density at radius 1 is 1.33 bits per heavy atom. The summed E-state index contributed by atoms with van der Waals surface area (Å²) in [6.07, 6.45) is 1.96. The molecular weight excluding hydrogens is 193 g/mol.